The predicted molar refractivity (Wildman–Crippen MR) is 138 cm³/mol. The van der Waals surface area contributed by atoms with Crippen LogP contribution in [-0.4, -0.2) is 60.0 Å². The fraction of sp³-hybridized carbons (Fsp3) is 0.480. The van der Waals surface area contributed by atoms with Crippen LogP contribution in [0.25, 0.3) is 11.0 Å². The minimum atomic E-state index is -4.50. The van der Waals surface area contributed by atoms with Gasteiger partial charge in [0.15, 0.2) is 0 Å². The number of pyridine rings is 1. The molecule has 0 spiro atoms. The number of rotatable bonds is 8. The second kappa shape index (κ2) is 9.63. The standard InChI is InChI=1S/C25H31F3N5O2P/c1-3-8-29-20-14-22(32-24-23(20)18(15-30-24)25(26,27)28)31-19-7-6-17(13-21(19)35-2)36(34)11-9-33(10-12-36)16-4-5-16/h6-7,13-16H,3-5,8-12H2,1-2H3,(H3,29,30,31,32). The molecule has 3 heterocycles. The highest BCUT2D eigenvalue weighted by atomic mass is 31.2. The Morgan fingerprint density at radius 3 is 2.58 bits per heavy atom. The van der Waals surface area contributed by atoms with Gasteiger partial charge in [-0.2, -0.15) is 13.2 Å². The Hall–Kier alpha value is -2.71. The van der Waals surface area contributed by atoms with Crippen LogP contribution in [0.2, 0.25) is 0 Å². The van der Waals surface area contributed by atoms with Crippen molar-refractivity contribution < 1.29 is 22.5 Å². The Balaban J connectivity index is 1.43. The average Bonchev–Trinajstić information content (AvgIpc) is 3.60. The molecule has 1 saturated heterocycles. The summed E-state index contributed by atoms with van der Waals surface area (Å²) in [7, 11) is -0.967. The Labute approximate surface area is 208 Å². The van der Waals surface area contributed by atoms with Gasteiger partial charge < -0.3 is 24.9 Å². The van der Waals surface area contributed by atoms with Crippen molar-refractivity contribution in [3.8, 4) is 5.75 Å². The molecule has 0 bridgehead atoms. The van der Waals surface area contributed by atoms with E-state index in [0.29, 0.717) is 47.9 Å². The molecule has 36 heavy (non-hydrogen) atoms. The van der Waals surface area contributed by atoms with E-state index in [4.69, 9.17) is 4.74 Å². The van der Waals surface area contributed by atoms with Crippen LogP contribution in [0, 0.1) is 0 Å². The number of hydrogen-bond donors (Lipinski definition) is 3. The van der Waals surface area contributed by atoms with Crippen molar-refractivity contribution in [1.82, 2.24) is 14.9 Å². The molecule has 3 N–H and O–H groups in total. The van der Waals surface area contributed by atoms with E-state index < -0.39 is 18.9 Å². The highest BCUT2D eigenvalue weighted by molar-refractivity contribution is 7.71. The van der Waals surface area contributed by atoms with Crippen LogP contribution in [-0.2, 0) is 10.7 Å². The van der Waals surface area contributed by atoms with E-state index in [9.17, 15) is 17.7 Å². The van der Waals surface area contributed by atoms with Crippen molar-refractivity contribution in [2.45, 2.75) is 38.4 Å². The topological polar surface area (TPSA) is 82.3 Å². The molecule has 1 aliphatic carbocycles. The first kappa shape index (κ1) is 25.0. The second-order valence-electron chi connectivity index (χ2n) is 9.52. The van der Waals surface area contributed by atoms with E-state index in [1.807, 2.05) is 25.1 Å². The Bertz CT molecular complexity index is 1290. The number of fused-ring (bicyclic) bond motifs is 1. The third-order valence-electron chi connectivity index (χ3n) is 6.99. The van der Waals surface area contributed by atoms with Gasteiger partial charge in [-0.15, -0.1) is 0 Å². The van der Waals surface area contributed by atoms with Crippen molar-refractivity contribution in [3.63, 3.8) is 0 Å². The van der Waals surface area contributed by atoms with Gasteiger partial charge in [0, 0.05) is 61.3 Å². The molecule has 1 aromatic carbocycles. The number of aromatic amines is 1. The van der Waals surface area contributed by atoms with Gasteiger partial charge in [0.2, 0.25) is 0 Å². The van der Waals surface area contributed by atoms with E-state index >= 15 is 0 Å². The van der Waals surface area contributed by atoms with E-state index in [2.05, 4.69) is 25.5 Å². The summed E-state index contributed by atoms with van der Waals surface area (Å²) in [5.41, 5.74) is 0.323. The molecule has 0 radical (unpaired) electrons. The van der Waals surface area contributed by atoms with Crippen LogP contribution < -0.4 is 20.7 Å². The normalized spacial score (nSPS) is 18.4. The number of nitrogens with zero attached hydrogens (tertiary/aromatic N) is 2. The van der Waals surface area contributed by atoms with Crippen molar-refractivity contribution in [1.29, 1.82) is 0 Å². The zero-order valence-electron chi connectivity index (χ0n) is 20.4. The van der Waals surface area contributed by atoms with Gasteiger partial charge in [-0.1, -0.05) is 6.92 Å². The summed E-state index contributed by atoms with van der Waals surface area (Å²) in [4.78, 5) is 9.48. The van der Waals surface area contributed by atoms with E-state index in [-0.39, 0.29) is 11.0 Å². The van der Waals surface area contributed by atoms with Crippen LogP contribution in [0.1, 0.15) is 31.7 Å². The van der Waals surface area contributed by atoms with Gasteiger partial charge in [0.1, 0.15) is 24.4 Å². The molecular formula is C25H31F3N5O2P. The lowest BCUT2D eigenvalue weighted by atomic mass is 10.1. The summed E-state index contributed by atoms with van der Waals surface area (Å²) in [6.07, 6.45) is 1.02. The first-order valence-corrected chi connectivity index (χ1v) is 14.4. The number of alkyl halides is 3. The summed E-state index contributed by atoms with van der Waals surface area (Å²) in [6.45, 7) is 4.18. The lowest BCUT2D eigenvalue weighted by Gasteiger charge is -2.32. The molecule has 194 valence electrons. The fourth-order valence-electron chi connectivity index (χ4n) is 4.86. The molecule has 3 aromatic rings. The number of methoxy groups -OCH3 is 1. The second-order valence-corrected chi connectivity index (χ2v) is 12.7. The number of halogens is 3. The maximum absolute atomic E-state index is 13.7. The molecule has 0 amide bonds. The number of hydrogen-bond acceptors (Lipinski definition) is 6. The summed E-state index contributed by atoms with van der Waals surface area (Å²) < 4.78 is 60.0. The average molecular weight is 522 g/mol. The molecule has 11 heteroatoms. The summed E-state index contributed by atoms with van der Waals surface area (Å²) in [6, 6.07) is 7.74. The van der Waals surface area contributed by atoms with Crippen molar-refractivity contribution in [2.24, 2.45) is 0 Å². The van der Waals surface area contributed by atoms with Gasteiger partial charge in [-0.05, 0) is 37.5 Å². The minimum absolute atomic E-state index is 0.0134. The smallest absolute Gasteiger partial charge is 0.418 e. The monoisotopic (exact) mass is 521 g/mol. The zero-order chi connectivity index (χ0) is 25.5. The van der Waals surface area contributed by atoms with Gasteiger partial charge in [0.05, 0.1) is 23.7 Å². The molecule has 1 saturated carbocycles. The number of aromatic nitrogens is 2. The number of nitrogens with one attached hydrogen (secondary N) is 3. The van der Waals surface area contributed by atoms with E-state index in [0.717, 1.165) is 31.0 Å². The molecule has 2 aliphatic rings. The third kappa shape index (κ3) is 4.93. The maximum Gasteiger partial charge on any atom is 0.418 e. The highest BCUT2D eigenvalue weighted by Gasteiger charge is 2.37. The Morgan fingerprint density at radius 2 is 1.94 bits per heavy atom. The van der Waals surface area contributed by atoms with Gasteiger partial charge in [0.25, 0.3) is 0 Å². The lowest BCUT2D eigenvalue weighted by molar-refractivity contribution is -0.136. The lowest BCUT2D eigenvalue weighted by Crippen LogP contribution is -2.38. The largest absolute Gasteiger partial charge is 0.495 e. The maximum atomic E-state index is 13.7. The quantitative estimate of drug-likeness (QED) is 0.334. The Kier molecular flexibility index (Phi) is 6.68. The fourth-order valence-corrected chi connectivity index (χ4v) is 7.46. The first-order chi connectivity index (χ1) is 17.2. The van der Waals surface area contributed by atoms with Crippen LogP contribution in [0.15, 0.2) is 30.5 Å². The Morgan fingerprint density at radius 1 is 1.19 bits per heavy atom. The van der Waals surface area contributed by atoms with Crippen LogP contribution >= 0.6 is 7.14 Å². The van der Waals surface area contributed by atoms with E-state index in [1.165, 1.54) is 12.8 Å². The van der Waals surface area contributed by atoms with Crippen molar-refractivity contribution >= 4 is 40.7 Å². The summed E-state index contributed by atoms with van der Waals surface area (Å²) in [5.74, 6) is 0.881. The summed E-state index contributed by atoms with van der Waals surface area (Å²) in [5, 5.41) is 7.08. The SMILES string of the molecule is CCCNc1cc(Nc2ccc(P3(=O)CCN(C4CC4)CC3)cc2OC)nc2[nH]cc(C(F)(F)F)c12. The predicted octanol–water partition coefficient (Wildman–Crippen LogP) is 5.62. The molecule has 0 unspecified atom stereocenters. The number of benzene rings is 1. The first-order valence-electron chi connectivity index (χ1n) is 12.3. The molecule has 2 fully saturated rings. The number of ether oxygens (including phenoxy) is 1. The molecule has 2 aromatic heterocycles. The molecule has 0 atom stereocenters. The minimum Gasteiger partial charge on any atom is -0.495 e. The van der Waals surface area contributed by atoms with Crippen molar-refractivity contribution in [3.05, 3.63) is 36.0 Å². The van der Waals surface area contributed by atoms with Crippen LogP contribution in [0.5, 0.6) is 5.75 Å². The van der Waals surface area contributed by atoms with Crippen LogP contribution in [0.4, 0.5) is 30.4 Å². The van der Waals surface area contributed by atoms with Crippen LogP contribution in [0.3, 0.4) is 0 Å². The number of anilines is 3. The van der Waals surface area contributed by atoms with Gasteiger partial charge in [-0.25, -0.2) is 4.98 Å². The zero-order valence-corrected chi connectivity index (χ0v) is 21.3. The molecular weight excluding hydrogens is 490 g/mol. The number of H-pyrrole nitrogens is 1. The van der Waals surface area contributed by atoms with Crippen molar-refractivity contribution in [2.75, 3.05) is 49.7 Å². The third-order valence-corrected chi connectivity index (χ3v) is 10.1. The molecule has 5 rings (SSSR count). The summed E-state index contributed by atoms with van der Waals surface area (Å²) >= 11 is 0. The molecule has 7 nitrogen and oxygen atoms in total. The van der Waals surface area contributed by atoms with Gasteiger partial charge >= 0.3 is 6.18 Å². The van der Waals surface area contributed by atoms with E-state index in [1.54, 1.807) is 13.2 Å². The van der Waals surface area contributed by atoms with Gasteiger partial charge in [-0.3, -0.25) is 4.90 Å². The molecule has 1 aliphatic heterocycles. The highest BCUT2D eigenvalue weighted by Crippen LogP contribution is 2.49.